The highest BCUT2D eigenvalue weighted by atomic mass is 16.5. The van der Waals surface area contributed by atoms with E-state index < -0.39 is 0 Å². The minimum Gasteiger partial charge on any atom is -0.457 e. The lowest BCUT2D eigenvalue weighted by molar-refractivity contribution is 0.477. The fourth-order valence-electron chi connectivity index (χ4n) is 1.59. The van der Waals surface area contributed by atoms with Crippen LogP contribution in [0.3, 0.4) is 0 Å². The highest BCUT2D eigenvalue weighted by molar-refractivity contribution is 5.35. The molecule has 2 aromatic rings. The Labute approximate surface area is 103 Å². The molecule has 0 bridgehead atoms. The average molecular weight is 225 g/mol. The van der Waals surface area contributed by atoms with Crippen LogP contribution in [0.25, 0.3) is 0 Å². The van der Waals surface area contributed by atoms with Crippen molar-refractivity contribution >= 4 is 0 Å². The van der Waals surface area contributed by atoms with Crippen molar-refractivity contribution < 1.29 is 4.74 Å². The van der Waals surface area contributed by atoms with Crippen LogP contribution in [-0.2, 0) is 5.41 Å². The van der Waals surface area contributed by atoms with Crippen LogP contribution >= 0.6 is 0 Å². The molecular formula is C16H17O. The summed E-state index contributed by atoms with van der Waals surface area (Å²) >= 11 is 0. The number of hydrogen-bond donors (Lipinski definition) is 0. The topological polar surface area (TPSA) is 9.23 Å². The molecule has 1 nitrogen and oxygen atoms in total. The van der Waals surface area contributed by atoms with E-state index in [1.807, 2.05) is 36.4 Å². The Morgan fingerprint density at radius 1 is 1.00 bits per heavy atom. The second-order valence-corrected chi connectivity index (χ2v) is 5.11. The van der Waals surface area contributed by atoms with Gasteiger partial charge in [-0.3, -0.25) is 0 Å². The number of benzene rings is 2. The monoisotopic (exact) mass is 225 g/mol. The summed E-state index contributed by atoms with van der Waals surface area (Å²) in [5.74, 6) is 1.61. The standard InChI is InChI=1S/C16H17O/c1-16(2,3)13-8-7-11-15(12-13)17-14-9-5-4-6-10-14/h4-9,11-12H,1-3H3. The Hall–Kier alpha value is -1.76. The van der Waals surface area contributed by atoms with E-state index in [1.165, 1.54) is 5.56 Å². The first-order chi connectivity index (χ1) is 8.05. The average Bonchev–Trinajstić information content (AvgIpc) is 2.29. The molecule has 0 unspecified atom stereocenters. The van der Waals surface area contributed by atoms with Gasteiger partial charge in [0.15, 0.2) is 0 Å². The first-order valence-electron chi connectivity index (χ1n) is 5.81. The van der Waals surface area contributed by atoms with E-state index in [0.29, 0.717) is 0 Å². The molecular weight excluding hydrogens is 208 g/mol. The minimum absolute atomic E-state index is 0.139. The molecule has 1 heteroatoms. The normalized spacial score (nSPS) is 11.2. The maximum atomic E-state index is 5.76. The lowest BCUT2D eigenvalue weighted by Crippen LogP contribution is -2.10. The van der Waals surface area contributed by atoms with E-state index in [-0.39, 0.29) is 5.41 Å². The van der Waals surface area contributed by atoms with Gasteiger partial charge in [0, 0.05) is 6.07 Å². The summed E-state index contributed by atoms with van der Waals surface area (Å²) in [4.78, 5) is 0. The van der Waals surface area contributed by atoms with Gasteiger partial charge >= 0.3 is 0 Å². The zero-order chi connectivity index (χ0) is 12.3. The molecule has 0 atom stereocenters. The third-order valence-electron chi connectivity index (χ3n) is 2.61. The Kier molecular flexibility index (Phi) is 3.19. The number of ether oxygens (including phenoxy) is 1. The Morgan fingerprint density at radius 3 is 2.47 bits per heavy atom. The van der Waals surface area contributed by atoms with Crippen molar-refractivity contribution in [3.63, 3.8) is 0 Å². The molecule has 1 radical (unpaired) electrons. The van der Waals surface area contributed by atoms with Crippen molar-refractivity contribution in [2.24, 2.45) is 0 Å². The van der Waals surface area contributed by atoms with Gasteiger partial charge in [-0.2, -0.15) is 0 Å². The van der Waals surface area contributed by atoms with Crippen molar-refractivity contribution in [1.29, 1.82) is 0 Å². The van der Waals surface area contributed by atoms with E-state index in [9.17, 15) is 0 Å². The summed E-state index contributed by atoms with van der Waals surface area (Å²) in [5.41, 5.74) is 1.41. The summed E-state index contributed by atoms with van der Waals surface area (Å²) < 4.78 is 5.76. The maximum absolute atomic E-state index is 5.76. The maximum Gasteiger partial charge on any atom is 0.135 e. The largest absolute Gasteiger partial charge is 0.457 e. The molecule has 0 aliphatic carbocycles. The van der Waals surface area contributed by atoms with Crippen LogP contribution in [0, 0.1) is 6.07 Å². The van der Waals surface area contributed by atoms with E-state index in [4.69, 9.17) is 4.74 Å². The summed E-state index contributed by atoms with van der Waals surface area (Å²) in [6, 6.07) is 18.9. The van der Waals surface area contributed by atoms with Gasteiger partial charge in [0.25, 0.3) is 0 Å². The first kappa shape index (κ1) is 11.7. The minimum atomic E-state index is 0.139. The molecule has 2 rings (SSSR count). The van der Waals surface area contributed by atoms with E-state index in [1.54, 1.807) is 0 Å². The molecule has 0 fully saturated rings. The summed E-state index contributed by atoms with van der Waals surface area (Å²) in [7, 11) is 0. The van der Waals surface area contributed by atoms with Gasteiger partial charge in [-0.25, -0.2) is 0 Å². The van der Waals surface area contributed by atoms with E-state index >= 15 is 0 Å². The lowest BCUT2D eigenvalue weighted by Gasteiger charge is -2.19. The molecule has 0 amide bonds. The van der Waals surface area contributed by atoms with Crippen LogP contribution in [0.15, 0.2) is 48.5 Å². The van der Waals surface area contributed by atoms with Crippen LogP contribution in [0.5, 0.6) is 11.5 Å². The van der Waals surface area contributed by atoms with Crippen LogP contribution in [-0.4, -0.2) is 0 Å². The van der Waals surface area contributed by atoms with Gasteiger partial charge in [0.05, 0.1) is 0 Å². The lowest BCUT2D eigenvalue weighted by atomic mass is 9.87. The van der Waals surface area contributed by atoms with Crippen molar-refractivity contribution in [1.82, 2.24) is 0 Å². The van der Waals surface area contributed by atoms with Crippen LogP contribution in [0.2, 0.25) is 0 Å². The number of hydrogen-bond acceptors (Lipinski definition) is 1. The smallest absolute Gasteiger partial charge is 0.135 e. The zero-order valence-electron chi connectivity index (χ0n) is 10.5. The SMILES string of the molecule is CC(C)(C)c1cccc(Oc2[c]cccc2)c1. The molecule has 0 saturated carbocycles. The van der Waals surface area contributed by atoms with Gasteiger partial charge in [-0.05, 0) is 29.2 Å². The molecule has 0 heterocycles. The van der Waals surface area contributed by atoms with Gasteiger partial charge in [-0.15, -0.1) is 0 Å². The van der Waals surface area contributed by atoms with Gasteiger partial charge < -0.3 is 4.74 Å². The first-order valence-corrected chi connectivity index (χ1v) is 5.81. The molecule has 0 aliphatic heterocycles. The van der Waals surface area contributed by atoms with Crippen LogP contribution in [0.4, 0.5) is 0 Å². The summed E-state index contributed by atoms with van der Waals surface area (Å²) in [6.07, 6.45) is 0. The van der Waals surface area contributed by atoms with Gasteiger partial charge in [-0.1, -0.05) is 51.1 Å². The quantitative estimate of drug-likeness (QED) is 0.727. The predicted octanol–water partition coefficient (Wildman–Crippen LogP) is 4.58. The molecule has 2 aromatic carbocycles. The fourth-order valence-corrected chi connectivity index (χ4v) is 1.59. The van der Waals surface area contributed by atoms with Crippen molar-refractivity contribution in [3.05, 3.63) is 60.2 Å². The van der Waals surface area contributed by atoms with E-state index in [2.05, 4.69) is 39.0 Å². The van der Waals surface area contributed by atoms with Crippen molar-refractivity contribution in [3.8, 4) is 11.5 Å². The molecule has 0 aliphatic rings. The Bertz CT molecular complexity index is 480. The zero-order valence-corrected chi connectivity index (χ0v) is 10.5. The molecule has 0 spiro atoms. The molecule has 17 heavy (non-hydrogen) atoms. The van der Waals surface area contributed by atoms with Crippen LogP contribution < -0.4 is 4.74 Å². The van der Waals surface area contributed by atoms with Crippen molar-refractivity contribution in [2.45, 2.75) is 26.2 Å². The molecule has 0 saturated heterocycles. The highest BCUT2D eigenvalue weighted by Gasteiger charge is 2.13. The Morgan fingerprint density at radius 2 is 1.82 bits per heavy atom. The summed E-state index contributed by atoms with van der Waals surface area (Å²) in [5, 5.41) is 0. The third kappa shape index (κ3) is 3.10. The fraction of sp³-hybridized carbons (Fsp3) is 0.250. The predicted molar refractivity (Wildman–Crippen MR) is 70.5 cm³/mol. The van der Waals surface area contributed by atoms with Crippen molar-refractivity contribution in [2.75, 3.05) is 0 Å². The Balaban J connectivity index is 2.23. The second-order valence-electron chi connectivity index (χ2n) is 5.11. The van der Waals surface area contributed by atoms with Gasteiger partial charge in [0.2, 0.25) is 0 Å². The molecule has 87 valence electrons. The number of para-hydroxylation sites is 1. The van der Waals surface area contributed by atoms with Crippen LogP contribution in [0.1, 0.15) is 26.3 Å². The summed E-state index contributed by atoms with van der Waals surface area (Å²) in [6.45, 7) is 6.59. The molecule has 0 N–H and O–H groups in total. The van der Waals surface area contributed by atoms with E-state index in [0.717, 1.165) is 11.5 Å². The molecule has 0 aromatic heterocycles. The highest BCUT2D eigenvalue weighted by Crippen LogP contribution is 2.27. The second kappa shape index (κ2) is 4.62. The van der Waals surface area contributed by atoms with Gasteiger partial charge in [0.1, 0.15) is 11.5 Å². The number of rotatable bonds is 2. The third-order valence-corrected chi connectivity index (χ3v) is 2.61.